The lowest BCUT2D eigenvalue weighted by Crippen LogP contribution is -2.38. The molecule has 0 rings (SSSR count). The highest BCUT2D eigenvalue weighted by atomic mass is 31.1. The standard InChI is InChI=1S/C3H6NO3P/c1-3(4,8-7)2(5)6/h4H2,1H3,(H,5,6). The fourth-order valence-electron chi connectivity index (χ4n) is 0.0390. The van der Waals surface area contributed by atoms with Gasteiger partial charge in [0.05, 0.1) is 0 Å². The summed E-state index contributed by atoms with van der Waals surface area (Å²) in [5.74, 6) is -1.27. The minimum absolute atomic E-state index is 0.572. The highest BCUT2D eigenvalue weighted by Crippen LogP contribution is 2.13. The second-order valence-electron chi connectivity index (χ2n) is 1.54. The van der Waals surface area contributed by atoms with Gasteiger partial charge in [-0.15, -0.1) is 0 Å². The average molecular weight is 135 g/mol. The van der Waals surface area contributed by atoms with Crippen LogP contribution in [0.4, 0.5) is 0 Å². The Morgan fingerprint density at radius 1 is 1.88 bits per heavy atom. The van der Waals surface area contributed by atoms with E-state index in [1.807, 2.05) is 0 Å². The fraction of sp³-hybridized carbons (Fsp3) is 0.667. The van der Waals surface area contributed by atoms with Crippen molar-refractivity contribution < 1.29 is 14.5 Å². The zero-order valence-electron chi connectivity index (χ0n) is 4.29. The molecule has 46 valence electrons. The van der Waals surface area contributed by atoms with Gasteiger partial charge in [0, 0.05) is 0 Å². The third kappa shape index (κ3) is 1.56. The van der Waals surface area contributed by atoms with E-state index in [9.17, 15) is 9.36 Å². The van der Waals surface area contributed by atoms with Crippen molar-refractivity contribution in [2.45, 2.75) is 12.2 Å². The van der Waals surface area contributed by atoms with Gasteiger partial charge in [-0.05, 0) is 6.92 Å². The van der Waals surface area contributed by atoms with E-state index in [1.165, 1.54) is 6.92 Å². The fourth-order valence-corrected chi connectivity index (χ4v) is 0.117. The summed E-state index contributed by atoms with van der Waals surface area (Å²) in [6, 6.07) is 0. The molecule has 1 unspecified atom stereocenters. The van der Waals surface area contributed by atoms with Crippen LogP contribution in [0.1, 0.15) is 6.92 Å². The number of aliphatic carboxylic acids is 1. The monoisotopic (exact) mass is 135 g/mol. The lowest BCUT2D eigenvalue weighted by molar-refractivity contribution is -0.139. The molecule has 0 aromatic rings. The number of hydrogen-bond donors (Lipinski definition) is 2. The first kappa shape index (κ1) is 7.53. The topological polar surface area (TPSA) is 80.4 Å². The maximum Gasteiger partial charge on any atom is 0.335 e. The largest absolute Gasteiger partial charge is 0.479 e. The molecule has 1 atom stereocenters. The molecule has 3 N–H and O–H groups in total. The molecule has 4 nitrogen and oxygen atoms in total. The summed E-state index contributed by atoms with van der Waals surface area (Å²) in [5, 5.41) is 6.48. The molecule has 0 aromatic carbocycles. The summed E-state index contributed by atoms with van der Waals surface area (Å²) >= 11 is 0. The molecule has 8 heavy (non-hydrogen) atoms. The van der Waals surface area contributed by atoms with E-state index in [1.54, 1.807) is 0 Å². The number of carboxylic acid groups (broad SMARTS) is 1. The van der Waals surface area contributed by atoms with Crippen LogP contribution in [-0.2, 0) is 9.36 Å². The van der Waals surface area contributed by atoms with Crippen molar-refractivity contribution in [2.75, 3.05) is 0 Å². The SMILES string of the molecule is CC(N)(P=O)C(=O)O. The van der Waals surface area contributed by atoms with Gasteiger partial charge in [-0.1, -0.05) is 0 Å². The predicted octanol–water partition coefficient (Wildman–Crippen LogP) is 0.0376. The molecule has 0 fully saturated rings. The Balaban J connectivity index is 4.12. The average Bonchev–Trinajstić information content (AvgIpc) is 1.67. The van der Waals surface area contributed by atoms with Crippen LogP contribution in [-0.4, -0.2) is 16.4 Å². The van der Waals surface area contributed by atoms with Gasteiger partial charge < -0.3 is 10.8 Å². The van der Waals surface area contributed by atoms with Crippen LogP contribution in [0.3, 0.4) is 0 Å². The first-order chi connectivity index (χ1) is 3.50. The van der Waals surface area contributed by atoms with Crippen LogP contribution < -0.4 is 5.73 Å². The Labute approximate surface area is 47.9 Å². The highest BCUT2D eigenvalue weighted by Gasteiger charge is 2.28. The first-order valence-corrected chi connectivity index (χ1v) is 2.68. The van der Waals surface area contributed by atoms with E-state index in [-0.39, 0.29) is 0 Å². The van der Waals surface area contributed by atoms with Crippen LogP contribution in [0.25, 0.3) is 0 Å². The Kier molecular flexibility index (Phi) is 2.07. The van der Waals surface area contributed by atoms with Gasteiger partial charge in [0.25, 0.3) is 0 Å². The Morgan fingerprint density at radius 3 is 2.25 bits per heavy atom. The molecule has 0 saturated heterocycles. The van der Waals surface area contributed by atoms with Crippen LogP contribution in [0.5, 0.6) is 0 Å². The highest BCUT2D eigenvalue weighted by molar-refractivity contribution is 7.27. The third-order valence-corrected chi connectivity index (χ3v) is 1.19. The maximum atomic E-state index is 9.92. The van der Waals surface area contributed by atoms with E-state index in [4.69, 9.17) is 10.8 Å². The van der Waals surface area contributed by atoms with Crippen LogP contribution in [0.15, 0.2) is 0 Å². The number of carboxylic acids is 1. The lowest BCUT2D eigenvalue weighted by atomic mass is 10.4. The smallest absolute Gasteiger partial charge is 0.335 e. The predicted molar refractivity (Wildman–Crippen MR) is 27.8 cm³/mol. The summed E-state index contributed by atoms with van der Waals surface area (Å²) < 4.78 is 9.86. The maximum absolute atomic E-state index is 9.92. The summed E-state index contributed by atoms with van der Waals surface area (Å²) in [6.07, 6.45) is 0. The number of nitrogens with two attached hydrogens (primary N) is 1. The molecule has 0 aliphatic carbocycles. The molecule has 0 aliphatic heterocycles. The molecule has 0 radical (unpaired) electrons. The molecule has 0 spiro atoms. The lowest BCUT2D eigenvalue weighted by Gasteiger charge is -2.05. The minimum Gasteiger partial charge on any atom is -0.479 e. The molecular weight excluding hydrogens is 129 g/mol. The van der Waals surface area contributed by atoms with Crippen LogP contribution in [0.2, 0.25) is 0 Å². The summed E-state index contributed by atoms with van der Waals surface area (Å²) in [4.78, 5) is 9.92. The Morgan fingerprint density at radius 2 is 2.25 bits per heavy atom. The molecule has 0 saturated carbocycles. The molecular formula is C3H6NO3P. The number of rotatable bonds is 2. The zero-order valence-corrected chi connectivity index (χ0v) is 5.18. The normalized spacial score (nSPS) is 17.8. The van der Waals surface area contributed by atoms with Gasteiger partial charge >= 0.3 is 5.97 Å². The van der Waals surface area contributed by atoms with Gasteiger partial charge in [0.1, 0.15) is 0 Å². The second kappa shape index (κ2) is 2.20. The van der Waals surface area contributed by atoms with Crippen molar-refractivity contribution in [3.63, 3.8) is 0 Å². The van der Waals surface area contributed by atoms with Gasteiger partial charge in [0.15, 0.2) is 13.7 Å². The van der Waals surface area contributed by atoms with Crippen molar-refractivity contribution in [1.29, 1.82) is 0 Å². The van der Waals surface area contributed by atoms with Crippen molar-refractivity contribution in [3.05, 3.63) is 0 Å². The molecule has 0 bridgehead atoms. The Hall–Kier alpha value is -0.470. The van der Waals surface area contributed by atoms with Crippen LogP contribution >= 0.6 is 8.46 Å². The van der Waals surface area contributed by atoms with E-state index < -0.39 is 19.7 Å². The van der Waals surface area contributed by atoms with Crippen LogP contribution in [0, 0.1) is 0 Å². The summed E-state index contributed by atoms with van der Waals surface area (Å²) in [5.41, 5.74) is 4.93. The quantitative estimate of drug-likeness (QED) is 0.523. The van der Waals surface area contributed by atoms with E-state index >= 15 is 0 Å². The Bertz CT molecular complexity index is 122. The van der Waals surface area contributed by atoms with Gasteiger partial charge in [-0.3, -0.25) is 4.57 Å². The summed E-state index contributed by atoms with van der Waals surface area (Å²) in [7, 11) is -0.572. The molecule has 0 amide bonds. The molecule has 0 aliphatic rings. The van der Waals surface area contributed by atoms with Crippen molar-refractivity contribution in [2.24, 2.45) is 5.73 Å². The minimum atomic E-state index is -1.62. The van der Waals surface area contributed by atoms with Crippen molar-refractivity contribution in [1.82, 2.24) is 0 Å². The summed E-state index contributed by atoms with van der Waals surface area (Å²) in [6.45, 7) is 1.17. The number of hydrogen-bond acceptors (Lipinski definition) is 3. The van der Waals surface area contributed by atoms with Crippen molar-refractivity contribution >= 4 is 14.4 Å². The number of carbonyl (C=O) groups is 1. The van der Waals surface area contributed by atoms with Gasteiger partial charge in [-0.2, -0.15) is 0 Å². The van der Waals surface area contributed by atoms with E-state index in [0.29, 0.717) is 0 Å². The van der Waals surface area contributed by atoms with E-state index in [0.717, 1.165) is 0 Å². The second-order valence-corrected chi connectivity index (χ2v) is 2.66. The first-order valence-electron chi connectivity index (χ1n) is 1.87. The third-order valence-electron chi connectivity index (χ3n) is 0.623. The van der Waals surface area contributed by atoms with Crippen molar-refractivity contribution in [3.8, 4) is 0 Å². The molecule has 0 heterocycles. The molecule has 5 heteroatoms. The van der Waals surface area contributed by atoms with Gasteiger partial charge in [0.2, 0.25) is 0 Å². The molecule has 0 aromatic heterocycles. The zero-order chi connectivity index (χ0) is 6.78. The van der Waals surface area contributed by atoms with Gasteiger partial charge in [-0.25, -0.2) is 4.79 Å². The van der Waals surface area contributed by atoms with E-state index in [2.05, 4.69) is 0 Å².